The SMILES string of the molecule is COc1cccc(/C=C2\Oc3cc(OCC=C(C)C)cc(C)c3C2=O)c1. The second kappa shape index (κ2) is 7.48. The molecule has 1 aliphatic heterocycles. The van der Waals surface area contributed by atoms with Crippen molar-refractivity contribution in [2.45, 2.75) is 20.8 Å². The first-order valence-corrected chi connectivity index (χ1v) is 8.47. The molecular formula is C22H22O4. The standard InChI is InChI=1S/C22H22O4/c1-14(2)8-9-25-18-10-15(3)21-19(13-18)26-20(22(21)23)12-16-6-5-7-17(11-16)24-4/h5-8,10-13H,9H2,1-4H3/b20-12-. The van der Waals surface area contributed by atoms with Crippen LogP contribution >= 0.6 is 0 Å². The van der Waals surface area contributed by atoms with Gasteiger partial charge in [0.25, 0.3) is 0 Å². The monoisotopic (exact) mass is 350 g/mol. The fraction of sp³-hybridized carbons (Fsp3) is 0.227. The van der Waals surface area contributed by atoms with Crippen molar-refractivity contribution in [2.24, 2.45) is 0 Å². The van der Waals surface area contributed by atoms with E-state index in [0.717, 1.165) is 16.9 Å². The average molecular weight is 350 g/mol. The van der Waals surface area contributed by atoms with Gasteiger partial charge in [0, 0.05) is 6.07 Å². The number of aryl methyl sites for hydroxylation is 1. The number of ketones is 1. The van der Waals surface area contributed by atoms with Crippen molar-refractivity contribution >= 4 is 11.9 Å². The van der Waals surface area contributed by atoms with Crippen molar-refractivity contribution in [3.8, 4) is 17.2 Å². The van der Waals surface area contributed by atoms with E-state index in [2.05, 4.69) is 0 Å². The number of methoxy groups -OCH3 is 1. The molecule has 0 saturated heterocycles. The molecule has 134 valence electrons. The average Bonchev–Trinajstić information content (AvgIpc) is 2.91. The number of hydrogen-bond donors (Lipinski definition) is 0. The van der Waals surface area contributed by atoms with Gasteiger partial charge < -0.3 is 14.2 Å². The Kier molecular flexibility index (Phi) is 5.12. The van der Waals surface area contributed by atoms with Crippen molar-refractivity contribution in [3.05, 3.63) is 70.5 Å². The Morgan fingerprint density at radius 3 is 2.69 bits per heavy atom. The van der Waals surface area contributed by atoms with E-state index in [1.807, 2.05) is 57.2 Å². The minimum atomic E-state index is -0.115. The molecule has 0 radical (unpaired) electrons. The molecule has 0 saturated carbocycles. The van der Waals surface area contributed by atoms with Gasteiger partial charge in [0.1, 0.15) is 23.9 Å². The van der Waals surface area contributed by atoms with Gasteiger partial charge in [-0.05, 0) is 62.2 Å². The quantitative estimate of drug-likeness (QED) is 0.564. The summed E-state index contributed by atoms with van der Waals surface area (Å²) in [6.45, 7) is 6.42. The van der Waals surface area contributed by atoms with Crippen LogP contribution in [-0.4, -0.2) is 19.5 Å². The van der Waals surface area contributed by atoms with Gasteiger partial charge in [0.05, 0.1) is 12.7 Å². The minimum Gasteiger partial charge on any atom is -0.497 e. The Morgan fingerprint density at radius 1 is 1.15 bits per heavy atom. The number of allylic oxidation sites excluding steroid dienone is 2. The lowest BCUT2D eigenvalue weighted by molar-refractivity contribution is 0.101. The molecule has 0 unspecified atom stereocenters. The van der Waals surface area contributed by atoms with E-state index >= 15 is 0 Å². The second-order valence-corrected chi connectivity index (χ2v) is 6.42. The van der Waals surface area contributed by atoms with E-state index < -0.39 is 0 Å². The van der Waals surface area contributed by atoms with Crippen molar-refractivity contribution in [2.75, 3.05) is 13.7 Å². The van der Waals surface area contributed by atoms with Crippen LogP contribution < -0.4 is 14.2 Å². The molecule has 0 amide bonds. The summed E-state index contributed by atoms with van der Waals surface area (Å²) >= 11 is 0. The van der Waals surface area contributed by atoms with Crippen LogP contribution in [-0.2, 0) is 0 Å². The van der Waals surface area contributed by atoms with E-state index in [1.54, 1.807) is 19.3 Å². The lowest BCUT2D eigenvalue weighted by Crippen LogP contribution is -2.00. The molecule has 0 spiro atoms. The zero-order valence-corrected chi connectivity index (χ0v) is 15.5. The zero-order chi connectivity index (χ0) is 18.7. The van der Waals surface area contributed by atoms with Crippen LogP contribution in [0.1, 0.15) is 35.3 Å². The molecule has 0 fully saturated rings. The van der Waals surface area contributed by atoms with Gasteiger partial charge in [-0.1, -0.05) is 17.7 Å². The van der Waals surface area contributed by atoms with Crippen molar-refractivity contribution in [1.29, 1.82) is 0 Å². The molecule has 0 N–H and O–H groups in total. The summed E-state index contributed by atoms with van der Waals surface area (Å²) in [5, 5.41) is 0. The highest BCUT2D eigenvalue weighted by Gasteiger charge is 2.30. The third kappa shape index (κ3) is 3.80. The first-order chi connectivity index (χ1) is 12.5. The molecule has 4 nitrogen and oxygen atoms in total. The van der Waals surface area contributed by atoms with Crippen LogP contribution in [0, 0.1) is 6.92 Å². The summed E-state index contributed by atoms with van der Waals surface area (Å²) in [5.41, 5.74) is 3.47. The Morgan fingerprint density at radius 2 is 1.96 bits per heavy atom. The number of benzene rings is 2. The normalized spacial score (nSPS) is 14.0. The molecule has 26 heavy (non-hydrogen) atoms. The number of Topliss-reactive ketones (excluding diaryl/α,β-unsaturated/α-hetero) is 1. The van der Waals surface area contributed by atoms with Gasteiger partial charge in [-0.25, -0.2) is 0 Å². The number of hydrogen-bond acceptors (Lipinski definition) is 4. The fourth-order valence-electron chi connectivity index (χ4n) is 2.75. The Labute approximate surface area is 153 Å². The van der Waals surface area contributed by atoms with Crippen LogP contribution in [0.25, 0.3) is 6.08 Å². The number of rotatable bonds is 5. The lowest BCUT2D eigenvalue weighted by Gasteiger charge is -2.07. The van der Waals surface area contributed by atoms with Crippen LogP contribution in [0.2, 0.25) is 0 Å². The summed E-state index contributed by atoms with van der Waals surface area (Å²) in [7, 11) is 1.61. The molecule has 4 heteroatoms. The maximum absolute atomic E-state index is 12.7. The Hall–Kier alpha value is -3.01. The van der Waals surface area contributed by atoms with Crippen LogP contribution in [0.5, 0.6) is 17.2 Å². The third-order valence-corrected chi connectivity index (χ3v) is 4.08. The smallest absolute Gasteiger partial charge is 0.232 e. The van der Waals surface area contributed by atoms with Crippen LogP contribution in [0.15, 0.2) is 53.8 Å². The van der Waals surface area contributed by atoms with Crippen LogP contribution in [0.4, 0.5) is 0 Å². The van der Waals surface area contributed by atoms with E-state index in [9.17, 15) is 4.79 Å². The first kappa shape index (κ1) is 17.8. The number of fused-ring (bicyclic) bond motifs is 1. The molecule has 0 atom stereocenters. The summed E-state index contributed by atoms with van der Waals surface area (Å²) in [5.74, 6) is 2.15. The summed E-state index contributed by atoms with van der Waals surface area (Å²) < 4.78 is 16.8. The predicted octanol–water partition coefficient (Wildman–Crippen LogP) is 4.96. The van der Waals surface area contributed by atoms with E-state index in [-0.39, 0.29) is 5.78 Å². The molecule has 2 aromatic rings. The molecule has 0 bridgehead atoms. The molecule has 1 aliphatic rings. The molecule has 0 aliphatic carbocycles. The van der Waals surface area contributed by atoms with E-state index in [4.69, 9.17) is 14.2 Å². The molecule has 1 heterocycles. The number of carbonyl (C=O) groups excluding carboxylic acids is 1. The van der Waals surface area contributed by atoms with Crippen LogP contribution in [0.3, 0.4) is 0 Å². The van der Waals surface area contributed by atoms with E-state index in [1.165, 1.54) is 5.57 Å². The minimum absolute atomic E-state index is 0.115. The summed E-state index contributed by atoms with van der Waals surface area (Å²) in [4.78, 5) is 12.7. The highest BCUT2D eigenvalue weighted by molar-refractivity contribution is 6.15. The summed E-state index contributed by atoms with van der Waals surface area (Å²) in [6.07, 6.45) is 3.73. The second-order valence-electron chi connectivity index (χ2n) is 6.42. The van der Waals surface area contributed by atoms with Crippen molar-refractivity contribution in [1.82, 2.24) is 0 Å². The topological polar surface area (TPSA) is 44.8 Å². The largest absolute Gasteiger partial charge is 0.497 e. The first-order valence-electron chi connectivity index (χ1n) is 8.47. The molecule has 2 aromatic carbocycles. The summed E-state index contributed by atoms with van der Waals surface area (Å²) in [6, 6.07) is 11.1. The highest BCUT2D eigenvalue weighted by Crippen LogP contribution is 2.37. The van der Waals surface area contributed by atoms with Gasteiger partial charge in [0.2, 0.25) is 5.78 Å². The Bertz CT molecular complexity index is 902. The fourth-order valence-corrected chi connectivity index (χ4v) is 2.75. The molecule has 3 rings (SSSR count). The lowest BCUT2D eigenvalue weighted by atomic mass is 10.0. The van der Waals surface area contributed by atoms with Gasteiger partial charge in [-0.3, -0.25) is 4.79 Å². The number of carbonyl (C=O) groups is 1. The molecular weight excluding hydrogens is 328 g/mol. The van der Waals surface area contributed by atoms with Gasteiger partial charge in [-0.15, -0.1) is 0 Å². The maximum Gasteiger partial charge on any atom is 0.232 e. The maximum atomic E-state index is 12.7. The zero-order valence-electron chi connectivity index (χ0n) is 15.5. The van der Waals surface area contributed by atoms with Gasteiger partial charge in [0.15, 0.2) is 5.76 Å². The highest BCUT2D eigenvalue weighted by atomic mass is 16.5. The van der Waals surface area contributed by atoms with E-state index in [0.29, 0.717) is 29.4 Å². The van der Waals surface area contributed by atoms with Crippen molar-refractivity contribution in [3.63, 3.8) is 0 Å². The van der Waals surface area contributed by atoms with Gasteiger partial charge in [-0.2, -0.15) is 0 Å². The number of ether oxygens (including phenoxy) is 3. The third-order valence-electron chi connectivity index (χ3n) is 4.08. The molecule has 0 aromatic heterocycles. The predicted molar refractivity (Wildman–Crippen MR) is 102 cm³/mol. The van der Waals surface area contributed by atoms with Crippen molar-refractivity contribution < 1.29 is 19.0 Å². The van der Waals surface area contributed by atoms with Gasteiger partial charge >= 0.3 is 0 Å². The Balaban J connectivity index is 1.87.